The maximum Gasteiger partial charge on any atom is 0.119 e. The molecule has 0 aliphatic rings. The number of rotatable bonds is 12. The third-order valence-electron chi connectivity index (χ3n) is 3.45. The Kier molecular flexibility index (Phi) is 10.0. The van der Waals surface area contributed by atoms with E-state index in [-0.39, 0.29) is 0 Å². The smallest absolute Gasteiger partial charge is 0.119 e. The highest BCUT2D eigenvalue weighted by Gasteiger charge is 1.97. The number of nitrogens with one attached hydrogen (secondary N) is 1. The molecule has 0 heterocycles. The molecule has 2 heteroatoms. The van der Waals surface area contributed by atoms with E-state index in [1.165, 1.54) is 44.1 Å². The number of ether oxygens (including phenoxy) is 1. The van der Waals surface area contributed by atoms with Gasteiger partial charge in [0.1, 0.15) is 5.75 Å². The van der Waals surface area contributed by atoms with E-state index < -0.39 is 0 Å². The molecule has 2 nitrogen and oxygen atoms in total. The Hall–Kier alpha value is -1.02. The van der Waals surface area contributed by atoms with Gasteiger partial charge in [0.05, 0.1) is 6.61 Å². The zero-order chi connectivity index (χ0) is 14.5. The molecule has 0 aromatic heterocycles. The van der Waals surface area contributed by atoms with E-state index in [0.29, 0.717) is 0 Å². The van der Waals surface area contributed by atoms with Crippen LogP contribution in [-0.2, 0) is 6.54 Å². The normalized spacial score (nSPS) is 10.7. The molecule has 0 radical (unpaired) electrons. The van der Waals surface area contributed by atoms with Crippen molar-refractivity contribution in [3.05, 3.63) is 29.8 Å². The third-order valence-corrected chi connectivity index (χ3v) is 3.45. The summed E-state index contributed by atoms with van der Waals surface area (Å²) in [5, 5.41) is 3.52. The lowest BCUT2D eigenvalue weighted by molar-refractivity contribution is 0.309. The maximum atomic E-state index is 5.73. The topological polar surface area (TPSA) is 21.3 Å². The lowest BCUT2D eigenvalue weighted by atomic mass is 10.1. The second-order valence-electron chi connectivity index (χ2n) is 5.44. The first-order valence-electron chi connectivity index (χ1n) is 8.29. The minimum absolute atomic E-state index is 0.824. The van der Waals surface area contributed by atoms with Crippen molar-refractivity contribution in [2.24, 2.45) is 0 Å². The molecule has 0 atom stereocenters. The molecule has 1 aromatic rings. The van der Waals surface area contributed by atoms with Gasteiger partial charge in [0.25, 0.3) is 0 Å². The third kappa shape index (κ3) is 8.21. The average Bonchev–Trinajstić information content (AvgIpc) is 2.47. The Bertz CT molecular complexity index is 338. The highest BCUT2D eigenvalue weighted by molar-refractivity contribution is 5.28. The van der Waals surface area contributed by atoms with Gasteiger partial charge in [0, 0.05) is 6.54 Å². The van der Waals surface area contributed by atoms with E-state index in [4.69, 9.17) is 4.74 Å². The first-order chi connectivity index (χ1) is 9.86. The predicted octanol–water partition coefficient (Wildman–Crippen LogP) is 4.93. The van der Waals surface area contributed by atoms with Crippen molar-refractivity contribution in [3.8, 4) is 5.75 Å². The van der Waals surface area contributed by atoms with Gasteiger partial charge in [-0.25, -0.2) is 0 Å². The minimum Gasteiger partial charge on any atom is -0.494 e. The SMILES string of the molecule is CCCCCCCNCc1cccc(OCCCC)c1. The summed E-state index contributed by atoms with van der Waals surface area (Å²) in [6.45, 7) is 7.33. The van der Waals surface area contributed by atoms with Gasteiger partial charge in [0.15, 0.2) is 0 Å². The molecule has 1 aromatic carbocycles. The average molecular weight is 277 g/mol. The van der Waals surface area contributed by atoms with Crippen LogP contribution in [0.15, 0.2) is 24.3 Å². The number of unbranched alkanes of at least 4 members (excludes halogenated alkanes) is 5. The number of benzene rings is 1. The molecule has 0 unspecified atom stereocenters. The van der Waals surface area contributed by atoms with Crippen molar-refractivity contribution in [3.63, 3.8) is 0 Å². The first-order valence-corrected chi connectivity index (χ1v) is 8.29. The van der Waals surface area contributed by atoms with Gasteiger partial charge < -0.3 is 10.1 Å². The van der Waals surface area contributed by atoms with Crippen LogP contribution in [0, 0.1) is 0 Å². The molecule has 0 saturated heterocycles. The van der Waals surface area contributed by atoms with E-state index in [2.05, 4.69) is 37.4 Å². The Morgan fingerprint density at radius 2 is 1.75 bits per heavy atom. The lowest BCUT2D eigenvalue weighted by Gasteiger charge is -2.08. The van der Waals surface area contributed by atoms with E-state index in [1.54, 1.807) is 0 Å². The molecule has 0 bridgehead atoms. The van der Waals surface area contributed by atoms with Crippen LogP contribution in [0.5, 0.6) is 5.75 Å². The number of hydrogen-bond acceptors (Lipinski definition) is 2. The molecule has 1 N–H and O–H groups in total. The quantitative estimate of drug-likeness (QED) is 0.547. The van der Waals surface area contributed by atoms with Crippen LogP contribution in [0.25, 0.3) is 0 Å². The summed E-state index contributed by atoms with van der Waals surface area (Å²) in [7, 11) is 0. The first kappa shape index (κ1) is 17.0. The van der Waals surface area contributed by atoms with Crippen LogP contribution in [0.3, 0.4) is 0 Å². The van der Waals surface area contributed by atoms with Gasteiger partial charge in [-0.2, -0.15) is 0 Å². The highest BCUT2D eigenvalue weighted by Crippen LogP contribution is 2.13. The second-order valence-corrected chi connectivity index (χ2v) is 5.44. The van der Waals surface area contributed by atoms with E-state index in [0.717, 1.165) is 31.9 Å². The second kappa shape index (κ2) is 11.8. The van der Waals surface area contributed by atoms with Crippen molar-refractivity contribution in [2.75, 3.05) is 13.2 Å². The van der Waals surface area contributed by atoms with Crippen LogP contribution < -0.4 is 10.1 Å². The molecule has 0 saturated carbocycles. The Morgan fingerprint density at radius 1 is 0.950 bits per heavy atom. The fourth-order valence-electron chi connectivity index (χ4n) is 2.17. The summed E-state index contributed by atoms with van der Waals surface area (Å²) in [5.41, 5.74) is 1.31. The van der Waals surface area contributed by atoms with Gasteiger partial charge in [-0.1, -0.05) is 58.1 Å². The summed E-state index contributed by atoms with van der Waals surface area (Å²) >= 11 is 0. The molecule has 0 aliphatic carbocycles. The zero-order valence-corrected chi connectivity index (χ0v) is 13.3. The van der Waals surface area contributed by atoms with Gasteiger partial charge in [0.2, 0.25) is 0 Å². The minimum atomic E-state index is 0.824. The van der Waals surface area contributed by atoms with Crippen molar-refractivity contribution >= 4 is 0 Å². The van der Waals surface area contributed by atoms with E-state index in [9.17, 15) is 0 Å². The highest BCUT2D eigenvalue weighted by atomic mass is 16.5. The molecule has 0 aliphatic heterocycles. The summed E-state index contributed by atoms with van der Waals surface area (Å²) in [5.74, 6) is 1.00. The van der Waals surface area contributed by atoms with Crippen LogP contribution in [0.2, 0.25) is 0 Å². The van der Waals surface area contributed by atoms with Crippen LogP contribution in [-0.4, -0.2) is 13.2 Å². The lowest BCUT2D eigenvalue weighted by Crippen LogP contribution is -2.14. The number of hydrogen-bond donors (Lipinski definition) is 1. The van der Waals surface area contributed by atoms with Crippen molar-refractivity contribution < 1.29 is 4.74 Å². The van der Waals surface area contributed by atoms with Gasteiger partial charge in [-0.05, 0) is 37.1 Å². The molecule has 20 heavy (non-hydrogen) atoms. The Labute approximate surface area is 124 Å². The monoisotopic (exact) mass is 277 g/mol. The summed E-state index contributed by atoms with van der Waals surface area (Å²) in [4.78, 5) is 0. The standard InChI is InChI=1S/C18H31NO/c1-3-5-7-8-9-13-19-16-17-11-10-12-18(15-17)20-14-6-4-2/h10-12,15,19H,3-9,13-14,16H2,1-2H3. The summed E-state index contributed by atoms with van der Waals surface area (Å²) < 4.78 is 5.73. The molecular weight excluding hydrogens is 246 g/mol. The molecule has 0 spiro atoms. The van der Waals surface area contributed by atoms with Gasteiger partial charge >= 0.3 is 0 Å². The molecule has 0 amide bonds. The molecule has 0 fully saturated rings. The fraction of sp³-hybridized carbons (Fsp3) is 0.667. The molecule has 1 rings (SSSR count). The van der Waals surface area contributed by atoms with Crippen molar-refractivity contribution in [1.29, 1.82) is 0 Å². The zero-order valence-electron chi connectivity index (χ0n) is 13.3. The Morgan fingerprint density at radius 3 is 2.55 bits per heavy atom. The molecule has 114 valence electrons. The van der Waals surface area contributed by atoms with Crippen molar-refractivity contribution in [1.82, 2.24) is 5.32 Å². The molecular formula is C18H31NO. The van der Waals surface area contributed by atoms with Gasteiger partial charge in [-0.15, -0.1) is 0 Å². The van der Waals surface area contributed by atoms with Crippen LogP contribution in [0.1, 0.15) is 64.4 Å². The fourth-order valence-corrected chi connectivity index (χ4v) is 2.17. The van der Waals surface area contributed by atoms with Crippen molar-refractivity contribution in [2.45, 2.75) is 65.3 Å². The van der Waals surface area contributed by atoms with Gasteiger partial charge in [-0.3, -0.25) is 0 Å². The van der Waals surface area contributed by atoms with Crippen LogP contribution in [0.4, 0.5) is 0 Å². The predicted molar refractivity (Wildman–Crippen MR) is 87.3 cm³/mol. The Balaban J connectivity index is 2.14. The summed E-state index contributed by atoms with van der Waals surface area (Å²) in [6.07, 6.45) is 9.00. The van der Waals surface area contributed by atoms with Crippen LogP contribution >= 0.6 is 0 Å². The maximum absolute atomic E-state index is 5.73. The van der Waals surface area contributed by atoms with E-state index in [1.807, 2.05) is 6.07 Å². The van der Waals surface area contributed by atoms with E-state index >= 15 is 0 Å². The largest absolute Gasteiger partial charge is 0.494 e. The summed E-state index contributed by atoms with van der Waals surface area (Å²) in [6, 6.07) is 8.44.